The van der Waals surface area contributed by atoms with Crippen molar-refractivity contribution in [3.8, 4) is 0 Å². The van der Waals surface area contributed by atoms with Crippen LogP contribution in [0.3, 0.4) is 0 Å². The van der Waals surface area contributed by atoms with Gasteiger partial charge in [-0.05, 0) is 6.92 Å². The minimum Gasteiger partial charge on any atom is -0.300 e. The van der Waals surface area contributed by atoms with Crippen LogP contribution in [0.15, 0.2) is 0 Å². The van der Waals surface area contributed by atoms with Crippen molar-refractivity contribution in [2.24, 2.45) is 0 Å². The van der Waals surface area contributed by atoms with Crippen molar-refractivity contribution in [3.63, 3.8) is 0 Å². The molecule has 0 fully saturated rings. The molecule has 7 heavy (non-hydrogen) atoms. The van der Waals surface area contributed by atoms with Gasteiger partial charge >= 0.3 is 0 Å². The van der Waals surface area contributed by atoms with Crippen molar-refractivity contribution in [1.82, 2.24) is 0 Å². The molecule has 1 N–H and O–H groups in total. The summed E-state index contributed by atoms with van der Waals surface area (Å²) < 4.78 is 0. The lowest BCUT2D eigenvalue weighted by Gasteiger charge is -1.84. The number of ketones is 1. The number of carbonyl (C=O) groups excluding carboxylic acids is 1. The molecule has 40 valence electrons. The molecule has 0 amide bonds. The quantitative estimate of drug-likeness (QED) is 0.314. The third-order valence-electron chi connectivity index (χ3n) is 0.416. The Morgan fingerprint density at radius 1 is 1.86 bits per heavy atom. The van der Waals surface area contributed by atoms with Crippen LogP contribution in [0.5, 0.6) is 0 Å². The lowest BCUT2D eigenvalue weighted by Crippen LogP contribution is -1.94. The van der Waals surface area contributed by atoms with Crippen molar-refractivity contribution >= 4 is 23.5 Å². The minimum absolute atomic E-state index is 0.0139. The van der Waals surface area contributed by atoms with E-state index in [1.54, 1.807) is 0 Å². The van der Waals surface area contributed by atoms with Gasteiger partial charge in [-0.25, -0.2) is 0 Å². The number of Topliss-reactive ketones (excluding diaryl/α,β-unsaturated/α-hetero) is 1. The second-order valence-corrected chi connectivity index (χ2v) is 1.87. The smallest absolute Gasteiger partial charge is 0.136 e. The fourth-order valence-corrected chi connectivity index (χ4v) is 0.458. The Kier molecular flexibility index (Phi) is 2.67. The van der Waals surface area contributed by atoms with Crippen LogP contribution in [-0.4, -0.2) is 10.8 Å². The Morgan fingerprint density at radius 3 is 2.29 bits per heavy atom. The summed E-state index contributed by atoms with van der Waals surface area (Å²) in [7, 11) is 0. The molecular weight excluding hydrogens is 110 g/mol. The van der Waals surface area contributed by atoms with Crippen LogP contribution in [0.25, 0.3) is 0 Å². The molecule has 0 radical (unpaired) electrons. The molecule has 0 aliphatic carbocycles. The molecule has 3 heteroatoms. The van der Waals surface area contributed by atoms with E-state index in [-0.39, 0.29) is 17.2 Å². The SMILES string of the molecule is CC(=O)CC(=N)S. The maximum atomic E-state index is 10.1. The van der Waals surface area contributed by atoms with E-state index < -0.39 is 0 Å². The van der Waals surface area contributed by atoms with Crippen LogP contribution in [-0.2, 0) is 4.79 Å². The summed E-state index contributed by atoms with van der Waals surface area (Å²) in [5.41, 5.74) is 0. The van der Waals surface area contributed by atoms with E-state index >= 15 is 0 Å². The summed E-state index contributed by atoms with van der Waals surface area (Å²) in [4.78, 5) is 10.1. The maximum absolute atomic E-state index is 10.1. The van der Waals surface area contributed by atoms with E-state index in [1.807, 2.05) is 0 Å². The number of rotatable bonds is 2. The Bertz CT molecular complexity index is 87.9. The molecule has 0 aromatic rings. The number of nitrogens with one attached hydrogen (secondary N) is 1. The van der Waals surface area contributed by atoms with Crippen LogP contribution in [0, 0.1) is 5.41 Å². The predicted octanol–water partition coefficient (Wildman–Crippen LogP) is 0.873. The number of hydrogen-bond acceptors (Lipinski definition) is 2. The Balaban J connectivity index is 3.32. The van der Waals surface area contributed by atoms with Gasteiger partial charge in [0.2, 0.25) is 0 Å². The van der Waals surface area contributed by atoms with E-state index in [2.05, 4.69) is 12.6 Å². The summed E-state index contributed by atoms with van der Waals surface area (Å²) >= 11 is 3.60. The zero-order chi connectivity index (χ0) is 5.86. The lowest BCUT2D eigenvalue weighted by molar-refractivity contribution is -0.115. The fraction of sp³-hybridized carbons (Fsp3) is 0.500. The maximum Gasteiger partial charge on any atom is 0.136 e. The second kappa shape index (κ2) is 2.80. The van der Waals surface area contributed by atoms with Crippen molar-refractivity contribution in [1.29, 1.82) is 5.41 Å². The Hall–Kier alpha value is -0.310. The molecule has 0 rings (SSSR count). The average Bonchev–Trinajstić information content (AvgIpc) is 1.27. The molecule has 2 nitrogen and oxygen atoms in total. The van der Waals surface area contributed by atoms with E-state index in [0.29, 0.717) is 0 Å². The van der Waals surface area contributed by atoms with Gasteiger partial charge in [-0.2, -0.15) is 0 Å². The van der Waals surface area contributed by atoms with Crippen molar-refractivity contribution < 1.29 is 4.79 Å². The first-order valence-corrected chi connectivity index (χ1v) is 2.33. The number of thiol groups is 1. The third kappa shape index (κ3) is 5.69. The van der Waals surface area contributed by atoms with E-state index in [9.17, 15) is 4.79 Å². The van der Waals surface area contributed by atoms with Gasteiger partial charge in [0.05, 0.1) is 11.5 Å². The van der Waals surface area contributed by atoms with Crippen LogP contribution in [0.1, 0.15) is 13.3 Å². The summed E-state index contributed by atoms with van der Waals surface area (Å²) in [6.45, 7) is 1.44. The number of hydrogen-bond donors (Lipinski definition) is 2. The topological polar surface area (TPSA) is 40.9 Å². The molecule has 0 aromatic carbocycles. The summed E-state index contributed by atoms with van der Waals surface area (Å²) in [6.07, 6.45) is 0.170. The third-order valence-corrected chi connectivity index (χ3v) is 0.575. The van der Waals surface area contributed by atoms with Gasteiger partial charge in [0, 0.05) is 0 Å². The molecule has 0 aliphatic heterocycles. The Morgan fingerprint density at radius 2 is 2.29 bits per heavy atom. The predicted molar refractivity (Wildman–Crippen MR) is 32.0 cm³/mol. The summed E-state index contributed by atoms with van der Waals surface area (Å²) in [6, 6.07) is 0. The van der Waals surface area contributed by atoms with Crippen molar-refractivity contribution in [3.05, 3.63) is 0 Å². The first kappa shape index (κ1) is 6.69. The highest BCUT2D eigenvalue weighted by molar-refractivity contribution is 7.96. The number of carbonyl (C=O) groups is 1. The summed E-state index contributed by atoms with van der Waals surface area (Å²) in [5, 5.41) is 6.80. The fourth-order valence-electron chi connectivity index (χ4n) is 0.236. The second-order valence-electron chi connectivity index (χ2n) is 1.33. The largest absolute Gasteiger partial charge is 0.300 e. The molecule has 0 saturated carbocycles. The zero-order valence-electron chi connectivity index (χ0n) is 4.06. The standard InChI is InChI=1S/C4H7NOS/c1-3(6)2-4(5)7/h2H2,1H3,(H2,5,7). The summed E-state index contributed by atoms with van der Waals surface area (Å²) in [5.74, 6) is -0.0139. The van der Waals surface area contributed by atoms with Gasteiger partial charge < -0.3 is 0 Å². The zero-order valence-corrected chi connectivity index (χ0v) is 4.96. The lowest BCUT2D eigenvalue weighted by atomic mass is 10.3. The Labute approximate surface area is 47.8 Å². The van der Waals surface area contributed by atoms with E-state index in [1.165, 1.54) is 6.92 Å². The molecular formula is C4H7NOS. The molecule has 0 saturated heterocycles. The highest BCUT2D eigenvalue weighted by atomic mass is 32.1. The first-order valence-electron chi connectivity index (χ1n) is 1.88. The van der Waals surface area contributed by atoms with E-state index in [4.69, 9.17) is 5.41 Å². The van der Waals surface area contributed by atoms with Gasteiger partial charge in [-0.3, -0.25) is 10.2 Å². The minimum atomic E-state index is -0.0139. The molecule has 0 aromatic heterocycles. The van der Waals surface area contributed by atoms with Gasteiger partial charge in [0.15, 0.2) is 0 Å². The van der Waals surface area contributed by atoms with Crippen molar-refractivity contribution in [2.75, 3.05) is 0 Å². The van der Waals surface area contributed by atoms with Crippen LogP contribution >= 0.6 is 12.6 Å². The van der Waals surface area contributed by atoms with Gasteiger partial charge in [-0.1, -0.05) is 0 Å². The van der Waals surface area contributed by atoms with Crippen LogP contribution in [0.2, 0.25) is 0 Å². The van der Waals surface area contributed by atoms with Gasteiger partial charge in [0.1, 0.15) is 5.78 Å². The monoisotopic (exact) mass is 117 g/mol. The normalized spacial score (nSPS) is 8.29. The van der Waals surface area contributed by atoms with Crippen LogP contribution in [0.4, 0.5) is 0 Å². The molecule has 0 heterocycles. The van der Waals surface area contributed by atoms with E-state index in [0.717, 1.165) is 0 Å². The molecule has 0 bridgehead atoms. The van der Waals surface area contributed by atoms with Gasteiger partial charge in [0.25, 0.3) is 0 Å². The average molecular weight is 117 g/mol. The molecule has 0 aliphatic rings. The van der Waals surface area contributed by atoms with Crippen LogP contribution < -0.4 is 0 Å². The molecule has 0 atom stereocenters. The highest BCUT2D eigenvalue weighted by Gasteiger charge is 1.92. The molecule has 0 unspecified atom stereocenters. The van der Waals surface area contributed by atoms with Gasteiger partial charge in [-0.15, -0.1) is 12.6 Å². The first-order chi connectivity index (χ1) is 3.13. The highest BCUT2D eigenvalue weighted by Crippen LogP contribution is 1.87. The molecule has 0 spiro atoms. The van der Waals surface area contributed by atoms with Crippen molar-refractivity contribution in [2.45, 2.75) is 13.3 Å².